The van der Waals surface area contributed by atoms with E-state index in [2.05, 4.69) is 16.5 Å². The molecule has 0 aromatic carbocycles. The van der Waals surface area contributed by atoms with Gasteiger partial charge in [-0.1, -0.05) is 6.92 Å². The van der Waals surface area contributed by atoms with E-state index in [0.29, 0.717) is 4.88 Å². The Morgan fingerprint density at radius 2 is 2.32 bits per heavy atom. The number of aliphatic hydroxyl groups is 1. The minimum absolute atomic E-state index is 0.0154. The van der Waals surface area contributed by atoms with Crippen molar-refractivity contribution in [2.75, 3.05) is 19.6 Å². The normalized spacial score (nSPS) is 21.7. The molecule has 1 aromatic rings. The first-order valence-electron chi connectivity index (χ1n) is 6.49. The van der Waals surface area contributed by atoms with Gasteiger partial charge in [-0.05, 0) is 38.1 Å². The molecule has 1 fully saturated rings. The molecule has 1 saturated heterocycles. The first kappa shape index (κ1) is 14.9. The van der Waals surface area contributed by atoms with Crippen molar-refractivity contribution in [2.24, 2.45) is 0 Å². The lowest BCUT2D eigenvalue weighted by Gasteiger charge is -2.31. The van der Waals surface area contributed by atoms with Gasteiger partial charge in [-0.3, -0.25) is 0 Å². The molecule has 1 unspecified atom stereocenters. The van der Waals surface area contributed by atoms with Gasteiger partial charge in [-0.15, -0.1) is 11.3 Å². The van der Waals surface area contributed by atoms with E-state index in [4.69, 9.17) is 5.11 Å². The number of nitrogens with one attached hydrogen (secondary N) is 1. The molecule has 2 N–H and O–H groups in total. The maximum absolute atomic E-state index is 12.2. The molecule has 1 aliphatic heterocycles. The van der Waals surface area contributed by atoms with E-state index in [-0.39, 0.29) is 16.9 Å². The summed E-state index contributed by atoms with van der Waals surface area (Å²) in [6.45, 7) is 4.74. The Bertz CT molecular complexity index is 513. The van der Waals surface area contributed by atoms with Crippen molar-refractivity contribution in [1.29, 1.82) is 0 Å². The van der Waals surface area contributed by atoms with Crippen LogP contribution < -0.4 is 4.72 Å². The fraction of sp³-hybridized carbons (Fsp3) is 0.667. The molecule has 0 amide bonds. The van der Waals surface area contributed by atoms with Crippen molar-refractivity contribution in [3.05, 3.63) is 17.0 Å². The molecule has 19 heavy (non-hydrogen) atoms. The Hall–Kier alpha value is -0.470. The largest absolute Gasteiger partial charge is 0.391 e. The second-order valence-electron chi connectivity index (χ2n) is 4.73. The van der Waals surface area contributed by atoms with E-state index in [1.165, 1.54) is 0 Å². The van der Waals surface area contributed by atoms with Crippen LogP contribution in [0.15, 0.2) is 16.3 Å². The fourth-order valence-electron chi connectivity index (χ4n) is 2.30. The van der Waals surface area contributed by atoms with E-state index in [1.807, 2.05) is 0 Å². The zero-order valence-corrected chi connectivity index (χ0v) is 12.6. The van der Waals surface area contributed by atoms with Crippen LogP contribution in [0.1, 0.15) is 24.6 Å². The lowest BCUT2D eigenvalue weighted by Crippen LogP contribution is -2.47. The van der Waals surface area contributed by atoms with Gasteiger partial charge in [0, 0.05) is 17.5 Å². The van der Waals surface area contributed by atoms with Crippen LogP contribution in [0.5, 0.6) is 0 Å². The molecule has 2 heterocycles. The molecular formula is C12H20N2O3S2. The standard InChI is InChI=1S/C12H20N2O3S2/c1-2-14-7-3-4-10(8-14)13-19(16,17)12-6-5-11(9-15)18-12/h5-6,10,13,15H,2-4,7-9H2,1H3. The third kappa shape index (κ3) is 3.76. The number of aliphatic hydroxyl groups excluding tert-OH is 1. The number of sulfonamides is 1. The highest BCUT2D eigenvalue weighted by Crippen LogP contribution is 2.22. The Morgan fingerprint density at radius 1 is 1.53 bits per heavy atom. The molecule has 0 aliphatic carbocycles. The summed E-state index contributed by atoms with van der Waals surface area (Å²) in [6, 6.07) is 3.19. The second-order valence-corrected chi connectivity index (χ2v) is 7.84. The van der Waals surface area contributed by atoms with Gasteiger partial charge in [0.05, 0.1) is 6.61 Å². The van der Waals surface area contributed by atoms with Crippen LogP contribution in [0.3, 0.4) is 0 Å². The van der Waals surface area contributed by atoms with Crippen LogP contribution >= 0.6 is 11.3 Å². The fourth-order valence-corrected chi connectivity index (χ4v) is 4.80. The molecule has 0 saturated carbocycles. The molecule has 7 heteroatoms. The third-order valence-corrected chi connectivity index (χ3v) is 6.41. The van der Waals surface area contributed by atoms with E-state index in [9.17, 15) is 8.42 Å². The molecule has 108 valence electrons. The number of thiophene rings is 1. The summed E-state index contributed by atoms with van der Waals surface area (Å²) < 4.78 is 27.5. The first-order chi connectivity index (χ1) is 9.05. The van der Waals surface area contributed by atoms with Gasteiger partial charge >= 0.3 is 0 Å². The predicted octanol–water partition coefficient (Wildman–Crippen LogP) is 1.00. The van der Waals surface area contributed by atoms with E-state index < -0.39 is 10.0 Å². The number of hydrogen-bond acceptors (Lipinski definition) is 5. The Balaban J connectivity index is 2.04. The lowest BCUT2D eigenvalue weighted by molar-refractivity contribution is 0.211. The zero-order valence-electron chi connectivity index (χ0n) is 11.0. The predicted molar refractivity (Wildman–Crippen MR) is 75.7 cm³/mol. The van der Waals surface area contributed by atoms with Gasteiger partial charge in [0.2, 0.25) is 10.0 Å². The highest BCUT2D eigenvalue weighted by Gasteiger charge is 2.25. The zero-order chi connectivity index (χ0) is 13.9. The SMILES string of the molecule is CCN1CCCC(NS(=O)(=O)c2ccc(CO)s2)C1. The maximum atomic E-state index is 12.2. The third-order valence-electron chi connectivity index (χ3n) is 3.33. The van der Waals surface area contributed by atoms with Crippen molar-refractivity contribution >= 4 is 21.4 Å². The smallest absolute Gasteiger partial charge is 0.250 e. The quantitative estimate of drug-likeness (QED) is 0.851. The van der Waals surface area contributed by atoms with E-state index >= 15 is 0 Å². The Morgan fingerprint density at radius 3 is 2.95 bits per heavy atom. The van der Waals surface area contributed by atoms with Crippen molar-refractivity contribution in [1.82, 2.24) is 9.62 Å². The minimum Gasteiger partial charge on any atom is -0.391 e. The minimum atomic E-state index is -3.45. The van der Waals surface area contributed by atoms with Crippen LogP contribution in [0.4, 0.5) is 0 Å². The summed E-state index contributed by atoms with van der Waals surface area (Å²) in [6.07, 6.45) is 1.90. The van der Waals surface area contributed by atoms with Gasteiger partial charge in [0.15, 0.2) is 0 Å². The van der Waals surface area contributed by atoms with Crippen molar-refractivity contribution in [3.8, 4) is 0 Å². The number of rotatable bonds is 5. The summed E-state index contributed by atoms with van der Waals surface area (Å²) in [5.74, 6) is 0. The Labute approximate surface area is 118 Å². The number of likely N-dealkylation sites (N-methyl/N-ethyl adjacent to an activating group) is 1. The number of piperidine rings is 1. The van der Waals surface area contributed by atoms with E-state index in [0.717, 1.165) is 43.8 Å². The first-order valence-corrected chi connectivity index (χ1v) is 8.79. The molecule has 1 aromatic heterocycles. The van der Waals surface area contributed by atoms with Gasteiger partial charge < -0.3 is 10.0 Å². The van der Waals surface area contributed by atoms with Gasteiger partial charge in [-0.25, -0.2) is 13.1 Å². The van der Waals surface area contributed by atoms with Crippen molar-refractivity contribution in [2.45, 2.75) is 36.6 Å². The molecule has 2 rings (SSSR count). The number of likely N-dealkylation sites (tertiary alicyclic amines) is 1. The molecule has 0 radical (unpaired) electrons. The highest BCUT2D eigenvalue weighted by molar-refractivity contribution is 7.91. The number of nitrogens with zero attached hydrogens (tertiary/aromatic N) is 1. The maximum Gasteiger partial charge on any atom is 0.250 e. The van der Waals surface area contributed by atoms with Crippen molar-refractivity contribution < 1.29 is 13.5 Å². The molecule has 0 bridgehead atoms. The number of hydrogen-bond donors (Lipinski definition) is 2. The van der Waals surface area contributed by atoms with Gasteiger partial charge in [0.1, 0.15) is 4.21 Å². The van der Waals surface area contributed by atoms with Gasteiger partial charge in [0.25, 0.3) is 0 Å². The lowest BCUT2D eigenvalue weighted by atomic mass is 10.1. The summed E-state index contributed by atoms with van der Waals surface area (Å²) in [5.41, 5.74) is 0. The van der Waals surface area contributed by atoms with E-state index in [1.54, 1.807) is 12.1 Å². The molecular weight excluding hydrogens is 284 g/mol. The van der Waals surface area contributed by atoms with Crippen LogP contribution in [0, 0.1) is 0 Å². The summed E-state index contributed by atoms with van der Waals surface area (Å²) in [4.78, 5) is 2.92. The van der Waals surface area contributed by atoms with Crippen LogP contribution in [0.25, 0.3) is 0 Å². The Kier molecular flexibility index (Phi) is 4.97. The molecule has 0 spiro atoms. The summed E-state index contributed by atoms with van der Waals surface area (Å²) in [7, 11) is -3.45. The topological polar surface area (TPSA) is 69.6 Å². The molecule has 5 nitrogen and oxygen atoms in total. The monoisotopic (exact) mass is 304 g/mol. The molecule has 1 aliphatic rings. The van der Waals surface area contributed by atoms with Crippen LogP contribution in [-0.4, -0.2) is 44.1 Å². The summed E-state index contributed by atoms with van der Waals surface area (Å²) >= 11 is 1.12. The van der Waals surface area contributed by atoms with Crippen molar-refractivity contribution in [3.63, 3.8) is 0 Å². The summed E-state index contributed by atoms with van der Waals surface area (Å²) in [5, 5.41) is 8.99. The average Bonchev–Trinajstić information content (AvgIpc) is 2.88. The van der Waals surface area contributed by atoms with Crippen LogP contribution in [-0.2, 0) is 16.6 Å². The highest BCUT2D eigenvalue weighted by atomic mass is 32.2. The van der Waals surface area contributed by atoms with Gasteiger partial charge in [-0.2, -0.15) is 0 Å². The average molecular weight is 304 g/mol. The molecule has 1 atom stereocenters. The second kappa shape index (κ2) is 6.32. The van der Waals surface area contributed by atoms with Crippen LogP contribution in [0.2, 0.25) is 0 Å².